The number of amides is 1. The second kappa shape index (κ2) is 10.6. The summed E-state index contributed by atoms with van der Waals surface area (Å²) in [7, 11) is 0. The topological polar surface area (TPSA) is 107 Å². The van der Waals surface area contributed by atoms with Crippen LogP contribution in [0.4, 0.5) is 11.6 Å². The molecule has 9 nitrogen and oxygen atoms in total. The Bertz CT molecular complexity index is 1620. The standard InChI is InChI=1S/C30H25N7O2/c1-20-26(29(38)34-24-8-5-15-32-18-24)27(37-30(33-20)35-28(36-37)23-13-16-31-17-14-23)22-9-11-25(12-10-22)39-19-21-6-3-2-4-7-21/h2-18,27H,19H2,1H3,(H,34,38)(H,33,35,36). The van der Waals surface area contributed by atoms with Gasteiger partial charge in [-0.2, -0.15) is 4.98 Å². The highest BCUT2D eigenvalue weighted by Gasteiger charge is 2.34. The minimum atomic E-state index is -0.524. The van der Waals surface area contributed by atoms with Gasteiger partial charge in [-0.3, -0.25) is 14.8 Å². The van der Waals surface area contributed by atoms with Crippen molar-refractivity contribution in [2.75, 3.05) is 10.6 Å². The van der Waals surface area contributed by atoms with Crippen molar-refractivity contribution in [1.82, 2.24) is 24.7 Å². The van der Waals surface area contributed by atoms with E-state index in [1.807, 2.05) is 73.7 Å². The van der Waals surface area contributed by atoms with E-state index in [1.54, 1.807) is 41.6 Å². The van der Waals surface area contributed by atoms with Crippen molar-refractivity contribution in [3.8, 4) is 17.1 Å². The average Bonchev–Trinajstić information content (AvgIpc) is 3.41. The summed E-state index contributed by atoms with van der Waals surface area (Å²) in [5.41, 5.74) is 4.60. The van der Waals surface area contributed by atoms with E-state index in [4.69, 9.17) is 14.8 Å². The number of pyridine rings is 2. The molecular weight excluding hydrogens is 490 g/mol. The minimum absolute atomic E-state index is 0.256. The number of allylic oxidation sites excluding steroid dienone is 1. The maximum atomic E-state index is 13.6. The molecule has 1 atom stereocenters. The molecule has 5 aromatic rings. The predicted octanol–water partition coefficient (Wildman–Crippen LogP) is 5.24. The van der Waals surface area contributed by atoms with Crippen molar-refractivity contribution in [2.45, 2.75) is 19.6 Å². The summed E-state index contributed by atoms with van der Waals surface area (Å²) >= 11 is 0. The fraction of sp³-hybridized carbons (Fsp3) is 0.100. The molecule has 0 aliphatic carbocycles. The van der Waals surface area contributed by atoms with Gasteiger partial charge in [-0.15, -0.1) is 5.10 Å². The summed E-state index contributed by atoms with van der Waals surface area (Å²) in [5.74, 6) is 1.56. The van der Waals surface area contributed by atoms with E-state index in [1.165, 1.54) is 0 Å². The van der Waals surface area contributed by atoms with Gasteiger partial charge in [-0.05, 0) is 54.4 Å². The van der Waals surface area contributed by atoms with Crippen LogP contribution in [-0.4, -0.2) is 30.6 Å². The third-order valence-electron chi connectivity index (χ3n) is 6.40. The van der Waals surface area contributed by atoms with Crippen molar-refractivity contribution in [2.24, 2.45) is 0 Å². The Morgan fingerprint density at radius 2 is 1.74 bits per heavy atom. The summed E-state index contributed by atoms with van der Waals surface area (Å²) in [6, 6.07) is 24.5. The van der Waals surface area contributed by atoms with E-state index < -0.39 is 6.04 Å². The van der Waals surface area contributed by atoms with Crippen LogP contribution in [0.5, 0.6) is 5.75 Å². The number of fused-ring (bicyclic) bond motifs is 1. The highest BCUT2D eigenvalue weighted by Crippen LogP contribution is 2.37. The van der Waals surface area contributed by atoms with Crippen molar-refractivity contribution < 1.29 is 9.53 Å². The number of nitrogens with one attached hydrogen (secondary N) is 2. The van der Waals surface area contributed by atoms with Crippen molar-refractivity contribution in [1.29, 1.82) is 0 Å². The van der Waals surface area contributed by atoms with Crippen LogP contribution in [-0.2, 0) is 11.4 Å². The molecule has 0 radical (unpaired) electrons. The molecule has 0 saturated carbocycles. The number of carbonyl (C=O) groups excluding carboxylic acids is 1. The Morgan fingerprint density at radius 1 is 0.949 bits per heavy atom. The molecule has 2 aromatic carbocycles. The van der Waals surface area contributed by atoms with Crippen molar-refractivity contribution in [3.05, 3.63) is 126 Å². The highest BCUT2D eigenvalue weighted by atomic mass is 16.5. The van der Waals surface area contributed by atoms with Gasteiger partial charge in [0.05, 0.1) is 17.5 Å². The van der Waals surface area contributed by atoms with Crippen LogP contribution in [0.2, 0.25) is 0 Å². The van der Waals surface area contributed by atoms with Gasteiger partial charge >= 0.3 is 0 Å². The lowest BCUT2D eigenvalue weighted by Gasteiger charge is -2.28. The molecule has 0 bridgehead atoms. The first-order chi connectivity index (χ1) is 19.2. The first kappa shape index (κ1) is 24.1. The van der Waals surface area contributed by atoms with Crippen LogP contribution in [0.15, 0.2) is 115 Å². The summed E-state index contributed by atoms with van der Waals surface area (Å²) < 4.78 is 7.74. The van der Waals surface area contributed by atoms with Crippen LogP contribution in [0.1, 0.15) is 24.1 Å². The average molecular weight is 516 g/mol. The molecular formula is C30H25N7O2. The van der Waals surface area contributed by atoms with E-state index in [9.17, 15) is 4.79 Å². The third kappa shape index (κ3) is 5.10. The number of anilines is 2. The van der Waals surface area contributed by atoms with E-state index in [-0.39, 0.29) is 5.91 Å². The van der Waals surface area contributed by atoms with Crippen LogP contribution in [0.3, 0.4) is 0 Å². The molecule has 6 rings (SSSR count). The third-order valence-corrected chi connectivity index (χ3v) is 6.40. The number of nitrogens with zero attached hydrogens (tertiary/aromatic N) is 5. The molecule has 1 aliphatic heterocycles. The van der Waals surface area contributed by atoms with E-state index in [2.05, 4.69) is 20.6 Å². The molecule has 2 N–H and O–H groups in total. The number of aromatic nitrogens is 5. The quantitative estimate of drug-likeness (QED) is 0.305. The molecule has 9 heteroatoms. The van der Waals surface area contributed by atoms with E-state index in [0.29, 0.717) is 35.3 Å². The minimum Gasteiger partial charge on any atom is -0.489 e. The van der Waals surface area contributed by atoms with Crippen LogP contribution < -0.4 is 15.4 Å². The molecule has 39 heavy (non-hydrogen) atoms. The van der Waals surface area contributed by atoms with Gasteiger partial charge in [0.1, 0.15) is 18.4 Å². The summed E-state index contributed by atoms with van der Waals surface area (Å²) in [6.07, 6.45) is 6.67. The largest absolute Gasteiger partial charge is 0.489 e. The van der Waals surface area contributed by atoms with E-state index in [0.717, 1.165) is 22.4 Å². The van der Waals surface area contributed by atoms with E-state index >= 15 is 0 Å². The highest BCUT2D eigenvalue weighted by molar-refractivity contribution is 6.05. The van der Waals surface area contributed by atoms with Gasteiger partial charge in [0.15, 0.2) is 5.82 Å². The van der Waals surface area contributed by atoms with Gasteiger partial charge in [0.2, 0.25) is 5.95 Å². The Morgan fingerprint density at radius 3 is 2.49 bits per heavy atom. The van der Waals surface area contributed by atoms with Crippen molar-refractivity contribution >= 4 is 17.5 Å². The monoisotopic (exact) mass is 515 g/mol. The Balaban J connectivity index is 1.35. The first-order valence-electron chi connectivity index (χ1n) is 12.5. The smallest absolute Gasteiger partial charge is 0.255 e. The SMILES string of the molecule is CC1=C(C(=O)Nc2cccnc2)C(c2ccc(OCc3ccccc3)cc2)n2nc(-c3ccncc3)nc2N1. The molecule has 1 aliphatic rings. The molecule has 1 unspecified atom stereocenters. The molecule has 4 heterocycles. The lowest BCUT2D eigenvalue weighted by Crippen LogP contribution is -2.31. The zero-order valence-corrected chi connectivity index (χ0v) is 21.2. The van der Waals surface area contributed by atoms with Gasteiger partial charge in [-0.1, -0.05) is 42.5 Å². The maximum absolute atomic E-state index is 13.6. The molecule has 0 fully saturated rings. The summed E-state index contributed by atoms with van der Waals surface area (Å²) in [6.45, 7) is 2.33. The zero-order chi connectivity index (χ0) is 26.6. The molecule has 192 valence electrons. The Hall–Kier alpha value is -5.31. The number of carbonyl (C=O) groups is 1. The first-order valence-corrected chi connectivity index (χ1v) is 12.5. The summed E-state index contributed by atoms with van der Waals surface area (Å²) in [5, 5.41) is 11.0. The van der Waals surface area contributed by atoms with Crippen LogP contribution in [0, 0.1) is 0 Å². The predicted molar refractivity (Wildman–Crippen MR) is 148 cm³/mol. The number of hydrogen-bond acceptors (Lipinski definition) is 7. The fourth-order valence-electron chi connectivity index (χ4n) is 4.50. The second-order valence-electron chi connectivity index (χ2n) is 9.04. The second-order valence-corrected chi connectivity index (χ2v) is 9.04. The van der Waals surface area contributed by atoms with Crippen LogP contribution in [0.25, 0.3) is 11.4 Å². The summed E-state index contributed by atoms with van der Waals surface area (Å²) in [4.78, 5) is 26.6. The molecule has 1 amide bonds. The number of benzene rings is 2. The van der Waals surface area contributed by atoms with Gasteiger partial charge in [0.25, 0.3) is 5.91 Å². The lowest BCUT2D eigenvalue weighted by atomic mass is 9.95. The van der Waals surface area contributed by atoms with Gasteiger partial charge < -0.3 is 15.4 Å². The lowest BCUT2D eigenvalue weighted by molar-refractivity contribution is -0.113. The Labute approximate surface area is 225 Å². The number of hydrogen-bond donors (Lipinski definition) is 2. The van der Waals surface area contributed by atoms with Gasteiger partial charge in [0, 0.05) is 29.9 Å². The maximum Gasteiger partial charge on any atom is 0.255 e. The normalized spacial score (nSPS) is 14.3. The fourth-order valence-corrected chi connectivity index (χ4v) is 4.50. The molecule has 3 aromatic heterocycles. The Kier molecular flexibility index (Phi) is 6.53. The van der Waals surface area contributed by atoms with Crippen molar-refractivity contribution in [3.63, 3.8) is 0 Å². The number of ether oxygens (including phenoxy) is 1. The molecule has 0 spiro atoms. The van der Waals surface area contributed by atoms with Crippen LogP contribution >= 0.6 is 0 Å². The van der Waals surface area contributed by atoms with Gasteiger partial charge in [-0.25, -0.2) is 4.68 Å². The molecule has 0 saturated heterocycles. The number of rotatable bonds is 7. The zero-order valence-electron chi connectivity index (χ0n) is 21.2.